The van der Waals surface area contributed by atoms with E-state index >= 15 is 0 Å². The van der Waals surface area contributed by atoms with Crippen LogP contribution in [0.3, 0.4) is 0 Å². The van der Waals surface area contributed by atoms with Crippen molar-refractivity contribution < 1.29 is 23.6 Å². The largest absolute Gasteiger partial charge is 0.452 e. The van der Waals surface area contributed by atoms with Crippen LogP contribution in [0.4, 0.5) is 15.8 Å². The van der Waals surface area contributed by atoms with E-state index in [0.717, 1.165) is 12.1 Å². The summed E-state index contributed by atoms with van der Waals surface area (Å²) >= 11 is 0. The average Bonchev–Trinajstić information content (AvgIpc) is 2.58. The Bertz CT molecular complexity index is 818. The topological polar surface area (TPSA) is 98.5 Å². The molecule has 7 nitrogen and oxygen atoms in total. The Morgan fingerprint density at radius 3 is 2.56 bits per heavy atom. The van der Waals surface area contributed by atoms with Crippen LogP contribution in [-0.2, 0) is 14.3 Å². The van der Waals surface area contributed by atoms with Crippen LogP contribution in [0.15, 0.2) is 54.6 Å². The number of non-ortho nitro benzene ring substituents is 1. The number of nitro groups is 1. The summed E-state index contributed by atoms with van der Waals surface area (Å²) in [6.07, 6.45) is 2.49. The molecule has 2 rings (SSSR count). The highest BCUT2D eigenvalue weighted by Gasteiger charge is 2.07. The zero-order chi connectivity index (χ0) is 18.2. The standard InChI is InChI=1S/C17H13FN2O5/c18-13-2-1-3-14(10-13)19-16(21)11-25-17(22)9-6-12-4-7-15(8-5-12)20(23)24/h1-10H,11H2,(H,19,21)/b9-6+. The molecule has 25 heavy (non-hydrogen) atoms. The fourth-order valence-electron chi connectivity index (χ4n) is 1.82. The molecule has 0 unspecified atom stereocenters. The van der Waals surface area contributed by atoms with E-state index in [-0.39, 0.29) is 11.4 Å². The molecule has 0 aliphatic heterocycles. The quantitative estimate of drug-likeness (QED) is 0.376. The highest BCUT2D eigenvalue weighted by Crippen LogP contribution is 2.13. The minimum absolute atomic E-state index is 0.0613. The maximum absolute atomic E-state index is 13.0. The van der Waals surface area contributed by atoms with Gasteiger partial charge in [-0.3, -0.25) is 14.9 Å². The third kappa shape index (κ3) is 5.87. The SMILES string of the molecule is O=C(COC(=O)/C=C/c1ccc([N+](=O)[O-])cc1)Nc1cccc(F)c1. The normalized spacial score (nSPS) is 10.4. The van der Waals surface area contributed by atoms with Crippen molar-refractivity contribution in [1.29, 1.82) is 0 Å². The van der Waals surface area contributed by atoms with Crippen LogP contribution < -0.4 is 5.32 Å². The number of ether oxygens (including phenoxy) is 1. The van der Waals surface area contributed by atoms with Gasteiger partial charge in [0.15, 0.2) is 6.61 Å². The first kappa shape index (κ1) is 17.8. The molecule has 0 spiro atoms. The lowest BCUT2D eigenvalue weighted by molar-refractivity contribution is -0.384. The van der Waals surface area contributed by atoms with Gasteiger partial charge in [0.05, 0.1) is 4.92 Å². The van der Waals surface area contributed by atoms with E-state index in [4.69, 9.17) is 4.74 Å². The van der Waals surface area contributed by atoms with E-state index in [1.165, 1.54) is 48.5 Å². The van der Waals surface area contributed by atoms with Crippen LogP contribution in [0, 0.1) is 15.9 Å². The molecule has 0 atom stereocenters. The number of nitrogens with one attached hydrogen (secondary N) is 1. The maximum Gasteiger partial charge on any atom is 0.331 e. The summed E-state index contributed by atoms with van der Waals surface area (Å²) in [5.74, 6) is -1.86. The second-order valence-corrected chi connectivity index (χ2v) is 4.85. The van der Waals surface area contributed by atoms with Gasteiger partial charge in [0.2, 0.25) is 0 Å². The molecule has 1 N–H and O–H groups in total. The highest BCUT2D eigenvalue weighted by molar-refractivity contribution is 5.94. The fraction of sp³-hybridized carbons (Fsp3) is 0.0588. The molecule has 2 aromatic rings. The van der Waals surface area contributed by atoms with Crippen LogP contribution in [0.25, 0.3) is 6.08 Å². The van der Waals surface area contributed by atoms with Crippen molar-refractivity contribution in [3.8, 4) is 0 Å². The van der Waals surface area contributed by atoms with Crippen molar-refractivity contribution >= 4 is 29.3 Å². The van der Waals surface area contributed by atoms with Crippen molar-refractivity contribution in [2.24, 2.45) is 0 Å². The van der Waals surface area contributed by atoms with E-state index in [1.807, 2.05) is 0 Å². The molecule has 0 aliphatic rings. The molecule has 0 bridgehead atoms. The van der Waals surface area contributed by atoms with Crippen LogP contribution >= 0.6 is 0 Å². The van der Waals surface area contributed by atoms with E-state index in [9.17, 15) is 24.1 Å². The van der Waals surface area contributed by atoms with Crippen molar-refractivity contribution in [2.75, 3.05) is 11.9 Å². The summed E-state index contributed by atoms with van der Waals surface area (Å²) in [5.41, 5.74) is 0.753. The first-order chi connectivity index (χ1) is 11.9. The third-order valence-corrected chi connectivity index (χ3v) is 2.97. The number of carbonyl (C=O) groups is 2. The van der Waals surface area contributed by atoms with Crippen molar-refractivity contribution in [2.45, 2.75) is 0 Å². The van der Waals surface area contributed by atoms with Gasteiger partial charge >= 0.3 is 5.97 Å². The Morgan fingerprint density at radius 1 is 1.20 bits per heavy atom. The summed E-state index contributed by atoms with van der Waals surface area (Å²) in [6, 6.07) is 10.8. The van der Waals surface area contributed by atoms with Gasteiger partial charge in [0.25, 0.3) is 11.6 Å². The summed E-state index contributed by atoms with van der Waals surface area (Å²) in [7, 11) is 0. The minimum atomic E-state index is -0.757. The van der Waals surface area contributed by atoms with Gasteiger partial charge in [-0.15, -0.1) is 0 Å². The summed E-state index contributed by atoms with van der Waals surface area (Å²) in [6.45, 7) is -0.528. The van der Waals surface area contributed by atoms with Gasteiger partial charge in [0.1, 0.15) is 5.82 Å². The Balaban J connectivity index is 1.81. The second-order valence-electron chi connectivity index (χ2n) is 4.85. The summed E-state index contributed by atoms with van der Waals surface area (Å²) in [4.78, 5) is 33.2. The number of amides is 1. The fourth-order valence-corrected chi connectivity index (χ4v) is 1.82. The number of benzene rings is 2. The van der Waals surface area contributed by atoms with Gasteiger partial charge in [0, 0.05) is 23.9 Å². The minimum Gasteiger partial charge on any atom is -0.452 e. The van der Waals surface area contributed by atoms with Gasteiger partial charge in [-0.25, -0.2) is 9.18 Å². The Hall–Kier alpha value is -3.55. The Morgan fingerprint density at radius 2 is 1.92 bits per heavy atom. The summed E-state index contributed by atoms with van der Waals surface area (Å²) in [5, 5.41) is 12.9. The molecule has 2 aromatic carbocycles. The molecular formula is C17H13FN2O5. The predicted octanol–water partition coefficient (Wildman–Crippen LogP) is 2.93. The molecule has 1 amide bonds. The third-order valence-electron chi connectivity index (χ3n) is 2.97. The molecule has 0 radical (unpaired) electrons. The smallest absolute Gasteiger partial charge is 0.331 e. The first-order valence-electron chi connectivity index (χ1n) is 7.09. The predicted molar refractivity (Wildman–Crippen MR) is 88.1 cm³/mol. The lowest BCUT2D eigenvalue weighted by atomic mass is 10.2. The molecule has 0 saturated carbocycles. The molecule has 0 aliphatic carbocycles. The Kier molecular flexibility index (Phi) is 5.94. The number of nitro benzene ring substituents is 1. The number of hydrogen-bond acceptors (Lipinski definition) is 5. The lowest BCUT2D eigenvalue weighted by Crippen LogP contribution is -2.20. The number of rotatable bonds is 6. The summed E-state index contributed by atoms with van der Waals surface area (Å²) < 4.78 is 17.7. The molecule has 8 heteroatoms. The first-order valence-corrected chi connectivity index (χ1v) is 7.09. The molecule has 0 saturated heterocycles. The monoisotopic (exact) mass is 344 g/mol. The number of nitrogens with zero attached hydrogens (tertiary/aromatic N) is 1. The molecule has 128 valence electrons. The van der Waals surface area contributed by atoms with Crippen molar-refractivity contribution in [1.82, 2.24) is 0 Å². The highest BCUT2D eigenvalue weighted by atomic mass is 19.1. The number of halogens is 1. The maximum atomic E-state index is 13.0. The van der Waals surface area contributed by atoms with E-state index in [0.29, 0.717) is 5.56 Å². The number of anilines is 1. The van der Waals surface area contributed by atoms with Crippen LogP contribution in [-0.4, -0.2) is 23.4 Å². The molecular weight excluding hydrogens is 331 g/mol. The van der Waals surface area contributed by atoms with E-state index in [1.54, 1.807) is 0 Å². The van der Waals surface area contributed by atoms with Crippen LogP contribution in [0.2, 0.25) is 0 Å². The van der Waals surface area contributed by atoms with Gasteiger partial charge in [-0.2, -0.15) is 0 Å². The average molecular weight is 344 g/mol. The zero-order valence-corrected chi connectivity index (χ0v) is 12.8. The molecule has 0 aromatic heterocycles. The number of hydrogen-bond donors (Lipinski definition) is 1. The van der Waals surface area contributed by atoms with Crippen LogP contribution in [0.1, 0.15) is 5.56 Å². The Labute approximate surface area is 141 Å². The van der Waals surface area contributed by atoms with E-state index < -0.39 is 29.2 Å². The number of carbonyl (C=O) groups excluding carboxylic acids is 2. The lowest BCUT2D eigenvalue weighted by Gasteiger charge is -2.05. The zero-order valence-electron chi connectivity index (χ0n) is 12.8. The van der Waals surface area contributed by atoms with Gasteiger partial charge < -0.3 is 10.1 Å². The number of esters is 1. The van der Waals surface area contributed by atoms with Crippen molar-refractivity contribution in [3.05, 3.63) is 76.1 Å². The van der Waals surface area contributed by atoms with Crippen LogP contribution in [0.5, 0.6) is 0 Å². The molecule has 0 fully saturated rings. The second kappa shape index (κ2) is 8.34. The van der Waals surface area contributed by atoms with Crippen molar-refractivity contribution in [3.63, 3.8) is 0 Å². The molecule has 0 heterocycles. The van der Waals surface area contributed by atoms with Gasteiger partial charge in [-0.05, 0) is 42.0 Å². The van der Waals surface area contributed by atoms with E-state index in [2.05, 4.69) is 5.32 Å². The van der Waals surface area contributed by atoms with Gasteiger partial charge in [-0.1, -0.05) is 6.07 Å².